The van der Waals surface area contributed by atoms with Crippen molar-refractivity contribution < 1.29 is 9.13 Å². The molecule has 0 heterocycles. The highest BCUT2D eigenvalue weighted by atomic mass is 79.9. The van der Waals surface area contributed by atoms with Crippen LogP contribution >= 0.6 is 27.5 Å². The van der Waals surface area contributed by atoms with E-state index >= 15 is 0 Å². The summed E-state index contributed by atoms with van der Waals surface area (Å²) in [6.45, 7) is 7.39. The van der Waals surface area contributed by atoms with Crippen molar-refractivity contribution in [1.29, 1.82) is 0 Å². The molecule has 1 rings (SSSR count). The van der Waals surface area contributed by atoms with Crippen LogP contribution in [0.15, 0.2) is 16.6 Å². The molecule has 0 aliphatic carbocycles. The maximum atomic E-state index is 13.2. The fourth-order valence-electron chi connectivity index (χ4n) is 1.20. The van der Waals surface area contributed by atoms with Crippen molar-refractivity contribution in [3.8, 4) is 5.75 Å². The molecule has 0 bridgehead atoms. The summed E-state index contributed by atoms with van der Waals surface area (Å²) in [5.41, 5.74) is 0.0475. The Kier molecular flexibility index (Phi) is 5.22. The van der Waals surface area contributed by atoms with E-state index in [1.54, 1.807) is 0 Å². The smallest absolute Gasteiger partial charge is 0.145 e. The third-order valence-corrected chi connectivity index (χ3v) is 2.90. The third kappa shape index (κ3) is 5.23. The molecular formula is C12H16BrClFNO. The van der Waals surface area contributed by atoms with Gasteiger partial charge in [-0.2, -0.15) is 0 Å². The molecule has 0 aliphatic heterocycles. The number of ether oxygens (including phenoxy) is 1. The van der Waals surface area contributed by atoms with Crippen molar-refractivity contribution >= 4 is 27.5 Å². The van der Waals surface area contributed by atoms with E-state index in [0.717, 1.165) is 0 Å². The van der Waals surface area contributed by atoms with Crippen molar-refractivity contribution in [2.75, 3.05) is 13.2 Å². The second kappa shape index (κ2) is 6.03. The molecule has 1 N–H and O–H groups in total. The molecule has 0 fully saturated rings. The van der Waals surface area contributed by atoms with Crippen LogP contribution in [0.4, 0.5) is 4.39 Å². The van der Waals surface area contributed by atoms with Gasteiger partial charge in [0, 0.05) is 18.2 Å². The van der Waals surface area contributed by atoms with Gasteiger partial charge in [0.15, 0.2) is 0 Å². The second-order valence-corrected chi connectivity index (χ2v) is 5.98. The maximum absolute atomic E-state index is 13.2. The van der Waals surface area contributed by atoms with Gasteiger partial charge < -0.3 is 10.1 Å². The molecule has 0 amide bonds. The van der Waals surface area contributed by atoms with Gasteiger partial charge in [0.05, 0.1) is 9.50 Å². The maximum Gasteiger partial charge on any atom is 0.145 e. The Bertz CT molecular complexity index is 393. The molecule has 2 nitrogen and oxygen atoms in total. The molecule has 1 aromatic rings. The largest absolute Gasteiger partial charge is 0.491 e. The van der Waals surface area contributed by atoms with Gasteiger partial charge in [0.25, 0.3) is 0 Å². The Morgan fingerprint density at radius 2 is 2.06 bits per heavy atom. The SMILES string of the molecule is CC(C)(C)NCCOc1cc(F)c(Cl)cc1Br. The summed E-state index contributed by atoms with van der Waals surface area (Å²) in [6.07, 6.45) is 0. The normalized spacial score (nSPS) is 11.6. The van der Waals surface area contributed by atoms with Crippen LogP contribution in [0.2, 0.25) is 5.02 Å². The first-order valence-corrected chi connectivity index (χ1v) is 6.49. The predicted octanol–water partition coefficient (Wildman–Crippen LogP) is 4.01. The monoisotopic (exact) mass is 323 g/mol. The number of benzene rings is 1. The molecule has 0 saturated heterocycles. The molecule has 96 valence electrons. The first-order valence-electron chi connectivity index (χ1n) is 5.32. The lowest BCUT2D eigenvalue weighted by atomic mass is 10.1. The second-order valence-electron chi connectivity index (χ2n) is 4.72. The van der Waals surface area contributed by atoms with Crippen LogP contribution in [0.5, 0.6) is 5.75 Å². The quantitative estimate of drug-likeness (QED) is 0.667. The molecule has 5 heteroatoms. The van der Waals surface area contributed by atoms with Crippen LogP contribution in [-0.2, 0) is 0 Å². The van der Waals surface area contributed by atoms with E-state index in [-0.39, 0.29) is 10.6 Å². The Hall–Kier alpha value is -0.320. The zero-order valence-corrected chi connectivity index (χ0v) is 12.5. The number of rotatable bonds is 4. The number of halogens is 3. The van der Waals surface area contributed by atoms with Crippen molar-refractivity contribution in [2.24, 2.45) is 0 Å². The summed E-state index contributed by atoms with van der Waals surface area (Å²) in [5, 5.41) is 3.36. The van der Waals surface area contributed by atoms with Crippen LogP contribution < -0.4 is 10.1 Å². The average Bonchev–Trinajstić information content (AvgIpc) is 2.18. The van der Waals surface area contributed by atoms with Gasteiger partial charge in [-0.05, 0) is 42.8 Å². The Morgan fingerprint density at radius 3 is 2.65 bits per heavy atom. The number of nitrogens with one attached hydrogen (secondary N) is 1. The standard InChI is InChI=1S/C12H16BrClFNO/c1-12(2,3)16-4-5-17-11-7-10(15)9(14)6-8(11)13/h6-7,16H,4-5H2,1-3H3. The minimum Gasteiger partial charge on any atom is -0.491 e. The van der Waals surface area contributed by atoms with E-state index in [2.05, 4.69) is 42.0 Å². The van der Waals surface area contributed by atoms with Gasteiger partial charge >= 0.3 is 0 Å². The lowest BCUT2D eigenvalue weighted by Gasteiger charge is -2.20. The van der Waals surface area contributed by atoms with Crippen molar-refractivity contribution in [3.05, 3.63) is 27.4 Å². The fraction of sp³-hybridized carbons (Fsp3) is 0.500. The van der Waals surface area contributed by atoms with Gasteiger partial charge in [-0.3, -0.25) is 0 Å². The molecule has 0 radical (unpaired) electrons. The minimum atomic E-state index is -0.478. The fourth-order valence-corrected chi connectivity index (χ4v) is 1.96. The summed E-state index contributed by atoms with van der Waals surface area (Å²) in [5.74, 6) is -0.0174. The average molecular weight is 325 g/mol. The van der Waals surface area contributed by atoms with Crippen LogP contribution in [0.25, 0.3) is 0 Å². The van der Waals surface area contributed by atoms with Gasteiger partial charge in [-0.15, -0.1) is 0 Å². The topological polar surface area (TPSA) is 21.3 Å². The van der Waals surface area contributed by atoms with Crippen molar-refractivity contribution in [3.63, 3.8) is 0 Å². The van der Waals surface area contributed by atoms with Crippen LogP contribution in [0.1, 0.15) is 20.8 Å². The van der Waals surface area contributed by atoms with Gasteiger partial charge in [-0.25, -0.2) is 4.39 Å². The summed E-state index contributed by atoms with van der Waals surface area (Å²) in [4.78, 5) is 0. The Labute approximate surface area is 115 Å². The molecule has 0 aliphatic rings. The molecule has 0 aromatic heterocycles. The van der Waals surface area contributed by atoms with Gasteiger partial charge in [0.1, 0.15) is 18.2 Å². The molecule has 0 atom stereocenters. The molecule has 1 aromatic carbocycles. The van der Waals surface area contributed by atoms with E-state index in [1.165, 1.54) is 12.1 Å². The number of hydrogen-bond acceptors (Lipinski definition) is 2. The highest BCUT2D eigenvalue weighted by molar-refractivity contribution is 9.10. The van der Waals surface area contributed by atoms with E-state index in [4.69, 9.17) is 16.3 Å². The third-order valence-electron chi connectivity index (χ3n) is 1.99. The molecule has 0 unspecified atom stereocenters. The first kappa shape index (κ1) is 14.7. The Balaban J connectivity index is 2.50. The molecule has 0 saturated carbocycles. The highest BCUT2D eigenvalue weighted by Crippen LogP contribution is 2.30. The summed E-state index contributed by atoms with van der Waals surface area (Å²) >= 11 is 8.91. The zero-order valence-electron chi connectivity index (χ0n) is 10.1. The lowest BCUT2D eigenvalue weighted by molar-refractivity contribution is 0.288. The van der Waals surface area contributed by atoms with Gasteiger partial charge in [0.2, 0.25) is 0 Å². The molecule has 0 spiro atoms. The van der Waals surface area contributed by atoms with E-state index in [0.29, 0.717) is 23.4 Å². The zero-order chi connectivity index (χ0) is 13.1. The first-order chi connectivity index (χ1) is 7.79. The van der Waals surface area contributed by atoms with Crippen molar-refractivity contribution in [2.45, 2.75) is 26.3 Å². The summed E-state index contributed by atoms with van der Waals surface area (Å²) in [7, 11) is 0. The Morgan fingerprint density at radius 1 is 1.41 bits per heavy atom. The van der Waals surface area contributed by atoms with Crippen molar-refractivity contribution in [1.82, 2.24) is 5.32 Å². The van der Waals surface area contributed by atoms with Crippen LogP contribution in [-0.4, -0.2) is 18.7 Å². The van der Waals surface area contributed by atoms with E-state index in [1.807, 2.05) is 0 Å². The molecular weight excluding hydrogens is 308 g/mol. The van der Waals surface area contributed by atoms with Gasteiger partial charge in [-0.1, -0.05) is 11.6 Å². The van der Waals surface area contributed by atoms with Crippen LogP contribution in [0, 0.1) is 5.82 Å². The molecule has 17 heavy (non-hydrogen) atoms. The predicted molar refractivity (Wildman–Crippen MR) is 72.4 cm³/mol. The van der Waals surface area contributed by atoms with E-state index in [9.17, 15) is 4.39 Å². The number of hydrogen-bond donors (Lipinski definition) is 1. The van der Waals surface area contributed by atoms with Crippen LogP contribution in [0.3, 0.4) is 0 Å². The minimum absolute atomic E-state index is 0.0475. The summed E-state index contributed by atoms with van der Waals surface area (Å²) in [6, 6.07) is 2.77. The highest BCUT2D eigenvalue weighted by Gasteiger charge is 2.10. The summed E-state index contributed by atoms with van der Waals surface area (Å²) < 4.78 is 19.3. The van der Waals surface area contributed by atoms with E-state index < -0.39 is 5.82 Å². The lowest BCUT2D eigenvalue weighted by Crippen LogP contribution is -2.38.